The van der Waals surface area contributed by atoms with Crippen LogP contribution in [-0.4, -0.2) is 19.1 Å². The number of nitrogens with one attached hydrogen (secondary N) is 1. The molecule has 0 aromatic heterocycles. The van der Waals surface area contributed by atoms with E-state index < -0.39 is 6.10 Å². The van der Waals surface area contributed by atoms with Gasteiger partial charge in [-0.2, -0.15) is 0 Å². The van der Waals surface area contributed by atoms with Crippen LogP contribution < -0.4 is 14.8 Å². The quantitative estimate of drug-likeness (QED) is 0.846. The molecule has 0 saturated heterocycles. The highest BCUT2D eigenvalue weighted by molar-refractivity contribution is 5.81. The molecule has 0 saturated carbocycles. The van der Waals surface area contributed by atoms with Crippen molar-refractivity contribution < 1.29 is 14.3 Å². The molecular weight excluding hydrogens is 326 g/mol. The molecule has 0 fully saturated rings. The SMILES string of the molecule is COc1ccccc1C(C)NC(=O)C(C)Oc1cccc2c1CCCC2. The molecule has 2 aromatic carbocycles. The Morgan fingerprint density at radius 3 is 2.54 bits per heavy atom. The van der Waals surface area contributed by atoms with Crippen LogP contribution in [0.2, 0.25) is 0 Å². The van der Waals surface area contributed by atoms with E-state index in [-0.39, 0.29) is 11.9 Å². The summed E-state index contributed by atoms with van der Waals surface area (Å²) in [6.45, 7) is 3.75. The molecule has 0 heterocycles. The second kappa shape index (κ2) is 8.26. The number of hydrogen-bond donors (Lipinski definition) is 1. The molecule has 2 unspecified atom stereocenters. The number of carbonyl (C=O) groups excluding carboxylic acids is 1. The van der Waals surface area contributed by atoms with E-state index in [0.717, 1.165) is 29.9 Å². The first-order chi connectivity index (χ1) is 12.6. The van der Waals surface area contributed by atoms with Crippen LogP contribution in [0.3, 0.4) is 0 Å². The summed E-state index contributed by atoms with van der Waals surface area (Å²) < 4.78 is 11.4. The lowest BCUT2D eigenvalue weighted by Gasteiger charge is -2.23. The van der Waals surface area contributed by atoms with Gasteiger partial charge in [-0.1, -0.05) is 30.3 Å². The number of hydrogen-bond acceptors (Lipinski definition) is 3. The summed E-state index contributed by atoms with van der Waals surface area (Å²) in [6.07, 6.45) is 3.97. The third-order valence-corrected chi connectivity index (χ3v) is 4.99. The van der Waals surface area contributed by atoms with E-state index in [1.165, 1.54) is 24.0 Å². The van der Waals surface area contributed by atoms with Gasteiger partial charge in [0.25, 0.3) is 5.91 Å². The summed E-state index contributed by atoms with van der Waals surface area (Å²) in [5.74, 6) is 1.48. The zero-order valence-corrected chi connectivity index (χ0v) is 15.7. The predicted octanol–water partition coefficient (Wildman–Crippen LogP) is 4.22. The van der Waals surface area contributed by atoms with E-state index in [9.17, 15) is 4.79 Å². The average Bonchev–Trinajstić information content (AvgIpc) is 2.68. The minimum Gasteiger partial charge on any atom is -0.496 e. The van der Waals surface area contributed by atoms with Gasteiger partial charge in [0.2, 0.25) is 0 Å². The van der Waals surface area contributed by atoms with Crippen LogP contribution >= 0.6 is 0 Å². The van der Waals surface area contributed by atoms with Gasteiger partial charge in [0, 0.05) is 5.56 Å². The number of carbonyl (C=O) groups is 1. The number of aryl methyl sites for hydroxylation is 1. The zero-order chi connectivity index (χ0) is 18.5. The second-order valence-electron chi connectivity index (χ2n) is 6.83. The van der Waals surface area contributed by atoms with Crippen LogP contribution in [-0.2, 0) is 17.6 Å². The van der Waals surface area contributed by atoms with Crippen molar-refractivity contribution in [3.63, 3.8) is 0 Å². The van der Waals surface area contributed by atoms with Gasteiger partial charge < -0.3 is 14.8 Å². The van der Waals surface area contributed by atoms with Crippen molar-refractivity contribution in [3.05, 3.63) is 59.2 Å². The first-order valence-corrected chi connectivity index (χ1v) is 9.31. The molecule has 1 aliphatic carbocycles. The van der Waals surface area contributed by atoms with Crippen molar-refractivity contribution in [1.82, 2.24) is 5.32 Å². The van der Waals surface area contributed by atoms with E-state index in [1.807, 2.05) is 43.3 Å². The first kappa shape index (κ1) is 18.3. The van der Waals surface area contributed by atoms with E-state index in [0.29, 0.717) is 0 Å². The summed E-state index contributed by atoms with van der Waals surface area (Å²) in [7, 11) is 1.64. The molecule has 1 aliphatic rings. The van der Waals surface area contributed by atoms with E-state index >= 15 is 0 Å². The standard InChI is InChI=1S/C22H27NO3/c1-15(18-11-6-7-13-20(18)25-3)23-22(24)16(2)26-21-14-8-10-17-9-4-5-12-19(17)21/h6-8,10-11,13-16H,4-5,9,12H2,1-3H3,(H,23,24). The Bertz CT molecular complexity index is 772. The third kappa shape index (κ3) is 4.01. The van der Waals surface area contributed by atoms with Gasteiger partial charge in [0.05, 0.1) is 13.2 Å². The molecule has 4 heteroatoms. The Morgan fingerprint density at radius 1 is 1.00 bits per heavy atom. The molecule has 0 aliphatic heterocycles. The molecule has 0 spiro atoms. The number of amides is 1. The Morgan fingerprint density at radius 2 is 1.73 bits per heavy atom. The first-order valence-electron chi connectivity index (χ1n) is 9.31. The molecule has 138 valence electrons. The van der Waals surface area contributed by atoms with Crippen LogP contribution in [0.5, 0.6) is 11.5 Å². The average molecular weight is 353 g/mol. The summed E-state index contributed by atoms with van der Waals surface area (Å²) in [4.78, 5) is 12.6. The van der Waals surface area contributed by atoms with Crippen molar-refractivity contribution in [3.8, 4) is 11.5 Å². The number of rotatable bonds is 6. The number of para-hydroxylation sites is 1. The molecule has 26 heavy (non-hydrogen) atoms. The van der Waals surface area contributed by atoms with Crippen molar-refractivity contribution in [2.45, 2.75) is 51.7 Å². The van der Waals surface area contributed by atoms with Crippen LogP contribution in [0.4, 0.5) is 0 Å². The summed E-state index contributed by atoms with van der Waals surface area (Å²) in [5, 5.41) is 3.03. The van der Waals surface area contributed by atoms with Crippen molar-refractivity contribution >= 4 is 5.91 Å². The van der Waals surface area contributed by atoms with Gasteiger partial charge in [-0.25, -0.2) is 0 Å². The predicted molar refractivity (Wildman–Crippen MR) is 103 cm³/mol. The topological polar surface area (TPSA) is 47.6 Å². The van der Waals surface area contributed by atoms with Gasteiger partial charge in [-0.05, 0) is 62.8 Å². The van der Waals surface area contributed by atoms with Gasteiger partial charge >= 0.3 is 0 Å². The lowest BCUT2D eigenvalue weighted by Crippen LogP contribution is -2.38. The summed E-state index contributed by atoms with van der Waals surface area (Å²) in [6, 6.07) is 13.7. The smallest absolute Gasteiger partial charge is 0.261 e. The molecule has 0 radical (unpaired) electrons. The fourth-order valence-corrected chi connectivity index (χ4v) is 3.53. The minimum absolute atomic E-state index is 0.128. The second-order valence-corrected chi connectivity index (χ2v) is 6.83. The number of ether oxygens (including phenoxy) is 2. The lowest BCUT2D eigenvalue weighted by atomic mass is 9.91. The highest BCUT2D eigenvalue weighted by Gasteiger charge is 2.21. The minimum atomic E-state index is -0.555. The fourth-order valence-electron chi connectivity index (χ4n) is 3.53. The van der Waals surface area contributed by atoms with Gasteiger partial charge in [-0.3, -0.25) is 4.79 Å². The van der Waals surface area contributed by atoms with Crippen LogP contribution in [0.15, 0.2) is 42.5 Å². The molecule has 1 amide bonds. The summed E-state index contributed by atoms with van der Waals surface area (Å²) >= 11 is 0. The normalized spacial score (nSPS) is 15.5. The van der Waals surface area contributed by atoms with E-state index in [1.54, 1.807) is 14.0 Å². The van der Waals surface area contributed by atoms with Gasteiger partial charge in [-0.15, -0.1) is 0 Å². The summed E-state index contributed by atoms with van der Waals surface area (Å²) in [5.41, 5.74) is 3.56. The third-order valence-electron chi connectivity index (χ3n) is 4.99. The Balaban J connectivity index is 1.67. The van der Waals surface area contributed by atoms with Crippen molar-refractivity contribution in [2.75, 3.05) is 7.11 Å². The Labute approximate surface area is 155 Å². The number of fused-ring (bicyclic) bond motifs is 1. The van der Waals surface area contributed by atoms with E-state index in [4.69, 9.17) is 9.47 Å². The van der Waals surface area contributed by atoms with Gasteiger partial charge in [0.1, 0.15) is 11.5 Å². The largest absolute Gasteiger partial charge is 0.496 e. The number of benzene rings is 2. The lowest BCUT2D eigenvalue weighted by molar-refractivity contribution is -0.127. The monoisotopic (exact) mass is 353 g/mol. The maximum Gasteiger partial charge on any atom is 0.261 e. The maximum atomic E-state index is 12.6. The zero-order valence-electron chi connectivity index (χ0n) is 15.7. The highest BCUT2D eigenvalue weighted by Crippen LogP contribution is 2.30. The molecule has 0 bridgehead atoms. The van der Waals surface area contributed by atoms with Crippen LogP contribution in [0.1, 0.15) is 49.4 Å². The van der Waals surface area contributed by atoms with Crippen molar-refractivity contribution in [1.29, 1.82) is 0 Å². The molecule has 3 rings (SSSR count). The number of methoxy groups -OCH3 is 1. The van der Waals surface area contributed by atoms with Crippen molar-refractivity contribution in [2.24, 2.45) is 0 Å². The molecular formula is C22H27NO3. The molecule has 2 atom stereocenters. The Kier molecular flexibility index (Phi) is 5.82. The van der Waals surface area contributed by atoms with Crippen LogP contribution in [0.25, 0.3) is 0 Å². The van der Waals surface area contributed by atoms with Gasteiger partial charge in [0.15, 0.2) is 6.10 Å². The van der Waals surface area contributed by atoms with Crippen LogP contribution in [0, 0.1) is 0 Å². The maximum absolute atomic E-state index is 12.6. The molecule has 2 aromatic rings. The van der Waals surface area contributed by atoms with E-state index in [2.05, 4.69) is 11.4 Å². The highest BCUT2D eigenvalue weighted by atomic mass is 16.5. The molecule has 1 N–H and O–H groups in total. The molecule has 4 nitrogen and oxygen atoms in total. The fraction of sp³-hybridized carbons (Fsp3) is 0.409. The Hall–Kier alpha value is -2.49.